The Morgan fingerprint density at radius 2 is 1.74 bits per heavy atom. The molecule has 0 bridgehead atoms. The molecule has 1 atom stereocenters. The number of hydrogen-bond acceptors (Lipinski definition) is 6. The third kappa shape index (κ3) is 4.75. The number of halogens is 2. The smallest absolute Gasteiger partial charge is 0.244 e. The summed E-state index contributed by atoms with van der Waals surface area (Å²) >= 11 is 6.12. The van der Waals surface area contributed by atoms with Crippen LogP contribution < -0.4 is 20.3 Å². The van der Waals surface area contributed by atoms with Crippen molar-refractivity contribution in [2.45, 2.75) is 30.6 Å². The molecule has 0 radical (unpaired) electrons. The lowest BCUT2D eigenvalue weighted by Gasteiger charge is -2.20. The van der Waals surface area contributed by atoms with Crippen LogP contribution in [0.2, 0.25) is 0 Å². The van der Waals surface area contributed by atoms with Gasteiger partial charge in [0.2, 0.25) is 11.9 Å². The maximum Gasteiger partial charge on any atom is 0.244 e. The van der Waals surface area contributed by atoms with Crippen molar-refractivity contribution >= 4 is 46.3 Å². The quantitative estimate of drug-likeness (QED) is 0.253. The van der Waals surface area contributed by atoms with E-state index in [1.807, 2.05) is 72.8 Å². The first-order valence-corrected chi connectivity index (χ1v) is 12.8. The Balaban J connectivity index is 1.19. The summed E-state index contributed by atoms with van der Waals surface area (Å²) in [7, 11) is 0. The molecule has 9 heteroatoms. The van der Waals surface area contributed by atoms with Gasteiger partial charge in [0.15, 0.2) is 11.6 Å². The predicted octanol–water partition coefficient (Wildman–Crippen LogP) is 6.90. The van der Waals surface area contributed by atoms with Crippen LogP contribution in [-0.4, -0.2) is 27.8 Å². The number of aromatic nitrogens is 2. The van der Waals surface area contributed by atoms with E-state index >= 15 is 0 Å². The van der Waals surface area contributed by atoms with E-state index in [1.165, 1.54) is 0 Å². The molecule has 0 saturated heterocycles. The van der Waals surface area contributed by atoms with Crippen molar-refractivity contribution in [1.29, 1.82) is 0 Å². The van der Waals surface area contributed by atoms with Crippen LogP contribution >= 0.6 is 11.6 Å². The molecule has 2 aliphatic rings. The lowest BCUT2D eigenvalue weighted by atomic mass is 9.98. The first kappa shape index (κ1) is 24.2. The van der Waals surface area contributed by atoms with Gasteiger partial charge in [-0.1, -0.05) is 24.3 Å². The van der Waals surface area contributed by atoms with Crippen molar-refractivity contribution in [2.24, 2.45) is 0 Å². The van der Waals surface area contributed by atoms with Crippen molar-refractivity contribution in [3.05, 3.63) is 90.4 Å². The van der Waals surface area contributed by atoms with Crippen molar-refractivity contribution in [2.75, 3.05) is 22.1 Å². The summed E-state index contributed by atoms with van der Waals surface area (Å²) in [6.07, 6.45) is 3.20. The molecule has 1 saturated carbocycles. The Kier molecular flexibility index (Phi) is 6.12. The number of nitrogens with zero attached hydrogens (tertiary/aromatic N) is 3. The van der Waals surface area contributed by atoms with Gasteiger partial charge in [0.05, 0.1) is 6.20 Å². The zero-order chi connectivity index (χ0) is 26.3. The summed E-state index contributed by atoms with van der Waals surface area (Å²) < 4.78 is 20.5. The summed E-state index contributed by atoms with van der Waals surface area (Å²) in [6, 6.07) is 22.6. The Bertz CT molecular complexity index is 1490. The van der Waals surface area contributed by atoms with Gasteiger partial charge >= 0.3 is 0 Å². The number of ether oxygens (including phenoxy) is 1. The molecule has 1 aromatic heterocycles. The molecule has 4 aromatic rings. The maximum absolute atomic E-state index is 14.7. The van der Waals surface area contributed by atoms with Gasteiger partial charge in [-0.15, -0.1) is 11.6 Å². The number of benzene rings is 3. The fourth-order valence-electron chi connectivity index (χ4n) is 4.76. The molecule has 3 aromatic carbocycles. The van der Waals surface area contributed by atoms with Crippen LogP contribution in [0.15, 0.2) is 79.0 Å². The summed E-state index contributed by atoms with van der Waals surface area (Å²) in [5.74, 6) is 0.960. The standard InChI is InChI=1S/C29H25ClFN5O2/c1-18(30)27(37)36-17-29(13-14-29)23-12-9-20(15-25(23)36)33-26-24(31)16-32-28(35-26)34-19-7-10-22(11-8-19)38-21-5-3-2-4-6-21/h2-12,15-16,18H,13-14,17H2,1H3,(H2,32,33,34,35). The molecule has 1 spiro atoms. The second-order valence-electron chi connectivity index (χ2n) is 9.63. The molecule has 1 fully saturated rings. The third-order valence-corrected chi connectivity index (χ3v) is 7.06. The number of amides is 1. The Labute approximate surface area is 224 Å². The van der Waals surface area contributed by atoms with Gasteiger partial charge < -0.3 is 20.3 Å². The van der Waals surface area contributed by atoms with Gasteiger partial charge in [0, 0.05) is 29.0 Å². The lowest BCUT2D eigenvalue weighted by Crippen LogP contribution is -2.36. The van der Waals surface area contributed by atoms with Crippen LogP contribution in [0.3, 0.4) is 0 Å². The highest BCUT2D eigenvalue weighted by Gasteiger charge is 2.53. The molecule has 192 valence electrons. The molecule has 1 aliphatic heterocycles. The minimum atomic E-state index is -0.625. The van der Waals surface area contributed by atoms with E-state index in [2.05, 4.69) is 20.6 Å². The molecule has 6 rings (SSSR count). The second-order valence-corrected chi connectivity index (χ2v) is 10.3. The summed E-state index contributed by atoms with van der Waals surface area (Å²) in [6.45, 7) is 2.31. The molecule has 1 unspecified atom stereocenters. The Hall–Kier alpha value is -4.17. The summed E-state index contributed by atoms with van der Waals surface area (Å²) in [5.41, 5.74) is 3.32. The van der Waals surface area contributed by atoms with Gasteiger partial charge in [-0.25, -0.2) is 9.37 Å². The largest absolute Gasteiger partial charge is 0.457 e. The van der Waals surface area contributed by atoms with Crippen molar-refractivity contribution in [3.8, 4) is 11.5 Å². The number of anilines is 5. The van der Waals surface area contributed by atoms with Gasteiger partial charge in [-0.2, -0.15) is 4.98 Å². The Morgan fingerprint density at radius 1 is 1.03 bits per heavy atom. The topological polar surface area (TPSA) is 79.4 Å². The van der Waals surface area contributed by atoms with E-state index in [0.717, 1.165) is 41.7 Å². The lowest BCUT2D eigenvalue weighted by molar-refractivity contribution is -0.118. The highest BCUT2D eigenvalue weighted by Crippen LogP contribution is 2.57. The Morgan fingerprint density at radius 3 is 2.45 bits per heavy atom. The molecule has 1 amide bonds. The first-order chi connectivity index (χ1) is 18.4. The molecule has 7 nitrogen and oxygen atoms in total. The molecule has 1 aliphatic carbocycles. The summed E-state index contributed by atoms with van der Waals surface area (Å²) in [5, 5.41) is 5.51. The number of carbonyl (C=O) groups excluding carboxylic acids is 1. The summed E-state index contributed by atoms with van der Waals surface area (Å²) in [4.78, 5) is 22.9. The average molecular weight is 530 g/mol. The highest BCUT2D eigenvalue weighted by molar-refractivity contribution is 6.32. The monoisotopic (exact) mass is 529 g/mol. The predicted molar refractivity (Wildman–Crippen MR) is 147 cm³/mol. The zero-order valence-corrected chi connectivity index (χ0v) is 21.4. The van der Waals surface area contributed by atoms with Crippen molar-refractivity contribution in [3.63, 3.8) is 0 Å². The van der Waals surface area contributed by atoms with Crippen molar-refractivity contribution < 1.29 is 13.9 Å². The first-order valence-electron chi connectivity index (χ1n) is 12.4. The van der Waals surface area contributed by atoms with Gasteiger partial charge in [0.1, 0.15) is 16.9 Å². The van der Waals surface area contributed by atoms with Crippen LogP contribution in [0.1, 0.15) is 25.3 Å². The minimum absolute atomic E-state index is 0.0221. The number of alkyl halides is 1. The fourth-order valence-corrected chi connectivity index (χ4v) is 4.87. The average Bonchev–Trinajstić information content (AvgIpc) is 3.63. The van der Waals surface area contributed by atoms with Crippen LogP contribution in [-0.2, 0) is 10.2 Å². The van der Waals surface area contributed by atoms with E-state index in [1.54, 1.807) is 11.8 Å². The maximum atomic E-state index is 14.7. The van der Waals surface area contributed by atoms with E-state index in [4.69, 9.17) is 16.3 Å². The SMILES string of the molecule is CC(Cl)C(=O)N1CC2(CC2)c2ccc(Nc3nc(Nc4ccc(Oc5ccccc5)cc4)ncc3F)cc21. The van der Waals surface area contributed by atoms with E-state index in [9.17, 15) is 9.18 Å². The second kappa shape index (κ2) is 9.61. The van der Waals surface area contributed by atoms with Crippen LogP contribution in [0.4, 0.5) is 33.2 Å². The number of para-hydroxylation sites is 1. The van der Waals surface area contributed by atoms with Gasteiger partial charge in [0.25, 0.3) is 0 Å². The number of carbonyl (C=O) groups is 1. The number of hydrogen-bond donors (Lipinski definition) is 2. The van der Waals surface area contributed by atoms with Crippen LogP contribution in [0, 0.1) is 5.82 Å². The third-order valence-electron chi connectivity index (χ3n) is 6.88. The molecular formula is C29H25ClFN5O2. The number of rotatable bonds is 7. The molecular weight excluding hydrogens is 505 g/mol. The number of nitrogens with one attached hydrogen (secondary N) is 2. The van der Waals surface area contributed by atoms with Gasteiger partial charge in [-0.05, 0) is 73.9 Å². The zero-order valence-electron chi connectivity index (χ0n) is 20.6. The minimum Gasteiger partial charge on any atom is -0.457 e. The van der Waals surface area contributed by atoms with Gasteiger partial charge in [-0.3, -0.25) is 4.79 Å². The van der Waals surface area contributed by atoms with Crippen LogP contribution in [0.5, 0.6) is 11.5 Å². The van der Waals surface area contributed by atoms with Crippen LogP contribution in [0.25, 0.3) is 0 Å². The van der Waals surface area contributed by atoms with E-state index in [0.29, 0.717) is 18.0 Å². The molecule has 2 N–H and O–H groups in total. The van der Waals surface area contributed by atoms with Crippen molar-refractivity contribution in [1.82, 2.24) is 9.97 Å². The molecule has 38 heavy (non-hydrogen) atoms. The molecule has 2 heterocycles. The fraction of sp³-hybridized carbons (Fsp3) is 0.207. The van der Waals surface area contributed by atoms with E-state index < -0.39 is 11.2 Å². The normalized spacial score (nSPS) is 15.6. The highest BCUT2D eigenvalue weighted by atomic mass is 35.5. The van der Waals surface area contributed by atoms with E-state index in [-0.39, 0.29) is 23.1 Å². The number of fused-ring (bicyclic) bond motifs is 2.